The molecule has 1 aromatic heterocycles. The lowest BCUT2D eigenvalue weighted by atomic mass is 10.00. The molecule has 3 saturated heterocycles. The Bertz CT molecular complexity index is 2150. The van der Waals surface area contributed by atoms with Crippen LogP contribution in [0.3, 0.4) is 0 Å². The number of hydrogen-bond donors (Lipinski definition) is 3. The van der Waals surface area contributed by atoms with Crippen molar-refractivity contribution in [3.63, 3.8) is 0 Å². The number of benzene rings is 2. The first-order valence-electron chi connectivity index (χ1n) is 21.7. The van der Waals surface area contributed by atoms with E-state index in [1.807, 2.05) is 54.9 Å². The molecule has 0 saturated carbocycles. The van der Waals surface area contributed by atoms with Gasteiger partial charge in [-0.15, -0.1) is 11.8 Å². The summed E-state index contributed by atoms with van der Waals surface area (Å²) in [5.74, 6) is 2.53. The number of thioether (sulfide) groups is 1. The summed E-state index contributed by atoms with van der Waals surface area (Å²) in [7, 11) is 1.30. The van der Waals surface area contributed by atoms with Crippen LogP contribution in [0.25, 0.3) is 16.2 Å². The van der Waals surface area contributed by atoms with Gasteiger partial charge in [0.15, 0.2) is 0 Å². The number of hydrogen-bond acceptors (Lipinski definition) is 10. The highest BCUT2D eigenvalue weighted by Gasteiger charge is 2.43. The lowest BCUT2D eigenvalue weighted by Crippen LogP contribution is -2.55. The van der Waals surface area contributed by atoms with Crippen LogP contribution in [0.4, 0.5) is 4.79 Å². The molecule has 7 heterocycles. The van der Waals surface area contributed by atoms with E-state index in [9.17, 15) is 14.4 Å². The van der Waals surface area contributed by atoms with Gasteiger partial charge < -0.3 is 34.9 Å². The molecule has 3 fully saturated rings. The summed E-state index contributed by atoms with van der Waals surface area (Å²) in [4.78, 5) is 60.7. The number of alkyl carbamates (subject to hydrolysis) is 1. The van der Waals surface area contributed by atoms with Gasteiger partial charge in [0.2, 0.25) is 11.8 Å². The summed E-state index contributed by atoms with van der Waals surface area (Å²) in [6.07, 6.45) is 12.7. The Kier molecular flexibility index (Phi) is 11.8. The second-order valence-corrected chi connectivity index (χ2v) is 18.3. The molecule has 13 nitrogen and oxygen atoms in total. The van der Waals surface area contributed by atoms with Gasteiger partial charge in [0.25, 0.3) is 0 Å². The topological polar surface area (TPSA) is 144 Å². The first-order valence-corrected chi connectivity index (χ1v) is 22.6. The average molecular weight is 833 g/mol. The highest BCUT2D eigenvalue weighted by Crippen LogP contribution is 2.46. The van der Waals surface area contributed by atoms with E-state index >= 15 is 0 Å². The molecule has 0 spiro atoms. The van der Waals surface area contributed by atoms with Crippen LogP contribution in [0, 0.1) is 5.92 Å². The van der Waals surface area contributed by atoms with Gasteiger partial charge in [-0.05, 0) is 86.4 Å². The number of aromatic nitrogens is 2. The van der Waals surface area contributed by atoms with E-state index in [1.54, 1.807) is 0 Å². The number of aliphatic imine (C=N–C) groups is 1. The highest BCUT2D eigenvalue weighted by molar-refractivity contribution is 8.09. The van der Waals surface area contributed by atoms with E-state index in [4.69, 9.17) is 19.5 Å². The number of nitrogens with one attached hydrogen (secondary N) is 3. The zero-order valence-corrected chi connectivity index (χ0v) is 35.5. The first kappa shape index (κ1) is 40.3. The molecule has 60 heavy (non-hydrogen) atoms. The van der Waals surface area contributed by atoms with Crippen molar-refractivity contribution < 1.29 is 23.9 Å². The monoisotopic (exact) mass is 832 g/mol. The predicted molar refractivity (Wildman–Crippen MR) is 233 cm³/mol. The van der Waals surface area contributed by atoms with E-state index in [0.717, 1.165) is 98.0 Å². The number of ether oxygens (including phenoxy) is 2. The molecule has 2 aromatic carbocycles. The van der Waals surface area contributed by atoms with Crippen molar-refractivity contribution in [2.24, 2.45) is 10.9 Å². The maximum absolute atomic E-state index is 14.4. The summed E-state index contributed by atoms with van der Waals surface area (Å²) in [6, 6.07) is 17.6. The molecule has 4 unspecified atom stereocenters. The Balaban J connectivity index is 0.806. The first-order chi connectivity index (χ1) is 29.2. The van der Waals surface area contributed by atoms with E-state index in [0.29, 0.717) is 13.1 Å². The Labute approximate surface area is 356 Å². The molecule has 3 N–H and O–H groups in total. The summed E-state index contributed by atoms with van der Waals surface area (Å²) in [5.41, 5.74) is 4.21. The van der Waals surface area contributed by atoms with Gasteiger partial charge in [0.1, 0.15) is 41.6 Å². The van der Waals surface area contributed by atoms with Crippen LogP contribution in [0.5, 0.6) is 0 Å². The smallest absolute Gasteiger partial charge is 0.407 e. The lowest BCUT2D eigenvalue weighted by Gasteiger charge is -2.37. The summed E-state index contributed by atoms with van der Waals surface area (Å²) in [6.45, 7) is 7.65. The number of H-pyrrole nitrogens is 1. The van der Waals surface area contributed by atoms with Gasteiger partial charge in [-0.25, -0.2) is 9.78 Å². The number of imidazole rings is 1. The molecule has 7 atom stereocenters. The normalized spacial score (nSPS) is 26.2. The molecule has 316 valence electrons. The molecular weight excluding hydrogens is 777 g/mol. The fourth-order valence-corrected chi connectivity index (χ4v) is 11.0. The minimum atomic E-state index is -0.668. The van der Waals surface area contributed by atoms with Gasteiger partial charge in [0, 0.05) is 18.0 Å². The van der Waals surface area contributed by atoms with Gasteiger partial charge in [-0.2, -0.15) is 0 Å². The van der Waals surface area contributed by atoms with Crippen LogP contribution in [0.2, 0.25) is 0 Å². The quantitative estimate of drug-likeness (QED) is 0.199. The van der Waals surface area contributed by atoms with Crippen molar-refractivity contribution >= 4 is 40.4 Å². The number of aromatic amines is 1. The van der Waals surface area contributed by atoms with Crippen molar-refractivity contribution in [1.82, 2.24) is 35.3 Å². The number of amidine groups is 1. The minimum absolute atomic E-state index is 0.0603. The van der Waals surface area contributed by atoms with Gasteiger partial charge in [0.05, 0.1) is 42.9 Å². The summed E-state index contributed by atoms with van der Waals surface area (Å²) >= 11 is 1.81. The van der Waals surface area contributed by atoms with Crippen molar-refractivity contribution in [3.8, 4) is 11.3 Å². The van der Waals surface area contributed by atoms with Crippen LogP contribution < -0.4 is 10.6 Å². The van der Waals surface area contributed by atoms with Crippen molar-refractivity contribution in [2.75, 3.05) is 39.8 Å². The van der Waals surface area contributed by atoms with E-state index in [2.05, 4.69) is 74.0 Å². The molecule has 6 aliphatic heterocycles. The number of methoxy groups -OCH3 is 1. The molecule has 0 radical (unpaired) electrons. The fourth-order valence-electron chi connectivity index (χ4n) is 9.72. The largest absolute Gasteiger partial charge is 0.487 e. The number of carbonyl (C=O) groups is 3. The number of rotatable bonds is 11. The van der Waals surface area contributed by atoms with Crippen molar-refractivity contribution in [3.05, 3.63) is 95.7 Å². The average Bonchev–Trinajstić information content (AvgIpc) is 4.13. The van der Waals surface area contributed by atoms with Crippen LogP contribution in [0.15, 0.2) is 83.7 Å². The minimum Gasteiger partial charge on any atom is -0.487 e. The van der Waals surface area contributed by atoms with Gasteiger partial charge >= 0.3 is 6.09 Å². The molecule has 0 aliphatic carbocycles. The maximum atomic E-state index is 14.4. The van der Waals surface area contributed by atoms with E-state index in [-0.39, 0.29) is 53.3 Å². The van der Waals surface area contributed by atoms with E-state index in [1.165, 1.54) is 18.4 Å². The third kappa shape index (κ3) is 8.07. The molecule has 9 rings (SSSR count). The molecule has 3 amide bonds. The lowest BCUT2D eigenvalue weighted by molar-refractivity contribution is -0.139. The Morgan fingerprint density at radius 2 is 1.58 bits per heavy atom. The SMILES string of the molecule is COC(=O)N[C@H](C(=O)N1CCCC1C1=NCC(C2=CC3SC(c4ccc(-c5cnc([C@@H]6CCCN6C(=O)[C@@H](c6ccccc6)N6CCCCC6)[nH]5)cc4)=CC3O2)N1)C(C)C. The third-order valence-electron chi connectivity index (χ3n) is 12.9. The summed E-state index contributed by atoms with van der Waals surface area (Å²) in [5, 5.41) is 6.47. The zero-order valence-electron chi connectivity index (χ0n) is 34.7. The number of likely N-dealkylation sites (tertiary alicyclic amines) is 3. The number of amides is 3. The maximum Gasteiger partial charge on any atom is 0.407 e. The van der Waals surface area contributed by atoms with Crippen LogP contribution in [0.1, 0.15) is 87.8 Å². The number of fused-ring (bicyclic) bond motifs is 1. The highest BCUT2D eigenvalue weighted by atomic mass is 32.2. The van der Waals surface area contributed by atoms with E-state index < -0.39 is 12.1 Å². The van der Waals surface area contributed by atoms with Crippen molar-refractivity contribution in [2.45, 2.75) is 100 Å². The van der Waals surface area contributed by atoms with Crippen LogP contribution >= 0.6 is 11.8 Å². The van der Waals surface area contributed by atoms with Crippen molar-refractivity contribution in [1.29, 1.82) is 0 Å². The second-order valence-electron chi connectivity index (χ2n) is 17.1. The number of nitrogens with zero attached hydrogens (tertiary/aromatic N) is 5. The zero-order chi connectivity index (χ0) is 41.3. The van der Waals surface area contributed by atoms with Gasteiger partial charge in [-0.3, -0.25) is 19.5 Å². The molecule has 3 aromatic rings. The second kappa shape index (κ2) is 17.5. The molecule has 14 heteroatoms. The third-order valence-corrected chi connectivity index (χ3v) is 14.2. The predicted octanol–water partition coefficient (Wildman–Crippen LogP) is 6.45. The molecule has 0 bridgehead atoms. The van der Waals surface area contributed by atoms with Crippen LogP contribution in [-0.2, 0) is 19.1 Å². The number of piperidine rings is 1. The molecular formula is C46H56N8O5S. The summed E-state index contributed by atoms with van der Waals surface area (Å²) < 4.78 is 11.3. The number of carbonyl (C=O) groups excluding carboxylic acids is 3. The Hall–Kier alpha value is -5.08. The fraction of sp³-hybridized carbons (Fsp3) is 0.500. The van der Waals surface area contributed by atoms with Gasteiger partial charge in [-0.1, -0.05) is 74.9 Å². The Morgan fingerprint density at radius 3 is 2.30 bits per heavy atom. The molecule has 6 aliphatic rings. The van der Waals surface area contributed by atoms with Crippen LogP contribution in [-0.4, -0.2) is 118 Å². The Morgan fingerprint density at radius 1 is 0.867 bits per heavy atom. The standard InChI is InChI=1S/C46H56N8O5S/c1-28(2)40(51-46(57)58-3)44(55)53-22-10-14-34(53)43-48-27-33(50-43)36-24-39-37(59-36)25-38(60-39)30-18-16-29(17-19-30)32-26-47-42(49-32)35-15-11-23-54(35)45(56)41(31-12-6-4-7-13-31)52-20-8-5-9-21-52/h4,6-7,12-13,16-19,24-26,28,33-35,37,39-41H,5,8-11,14-15,20-23,27H2,1-3H3,(H,47,49)(H,48,50)(H,51,57)/t33?,34?,35-,37?,39?,40-,41+/m0/s1.